The van der Waals surface area contributed by atoms with E-state index in [1.165, 1.54) is 11.3 Å². The first-order chi connectivity index (χ1) is 9.09. The van der Waals surface area contributed by atoms with Crippen LogP contribution in [0.5, 0.6) is 0 Å². The van der Waals surface area contributed by atoms with Gasteiger partial charge in [0, 0.05) is 18.4 Å². The number of aromatic nitrogens is 2. The van der Waals surface area contributed by atoms with Crippen molar-refractivity contribution in [2.45, 2.75) is 30.0 Å². The Balaban J connectivity index is 1.96. The fourth-order valence-electron chi connectivity index (χ4n) is 2.43. The van der Waals surface area contributed by atoms with E-state index in [-0.39, 0.29) is 6.04 Å². The molecule has 1 aliphatic rings. The zero-order chi connectivity index (χ0) is 13.5. The number of H-pyrrole nitrogens is 1. The third kappa shape index (κ3) is 2.22. The van der Waals surface area contributed by atoms with Gasteiger partial charge in [-0.05, 0) is 31.2 Å². The Hall–Kier alpha value is -1.18. The van der Waals surface area contributed by atoms with Gasteiger partial charge in [0.05, 0.1) is 6.04 Å². The number of nitrogens with one attached hydrogen (secondary N) is 1. The van der Waals surface area contributed by atoms with Crippen molar-refractivity contribution in [3.8, 4) is 0 Å². The van der Waals surface area contributed by atoms with Crippen molar-refractivity contribution in [1.82, 2.24) is 14.3 Å². The van der Waals surface area contributed by atoms with Gasteiger partial charge in [0.15, 0.2) is 0 Å². The maximum atomic E-state index is 12.6. The average Bonchev–Trinajstić information content (AvgIpc) is 3.10. The van der Waals surface area contributed by atoms with Crippen molar-refractivity contribution in [3.63, 3.8) is 0 Å². The van der Waals surface area contributed by atoms with Crippen LogP contribution in [0.2, 0.25) is 0 Å². The van der Waals surface area contributed by atoms with Crippen LogP contribution >= 0.6 is 11.3 Å². The molecule has 102 valence electrons. The van der Waals surface area contributed by atoms with Crippen LogP contribution in [0.25, 0.3) is 0 Å². The van der Waals surface area contributed by atoms with Crippen molar-refractivity contribution in [2.75, 3.05) is 6.54 Å². The van der Waals surface area contributed by atoms with Crippen LogP contribution in [0, 0.1) is 6.92 Å². The summed E-state index contributed by atoms with van der Waals surface area (Å²) in [5, 5.41) is 1.79. The summed E-state index contributed by atoms with van der Waals surface area (Å²) in [6, 6.07) is 3.25. The van der Waals surface area contributed by atoms with E-state index in [1.54, 1.807) is 28.0 Å². The Morgan fingerprint density at radius 2 is 2.37 bits per heavy atom. The Kier molecular flexibility index (Phi) is 3.20. The molecule has 3 rings (SSSR count). The number of thiophene rings is 1. The minimum atomic E-state index is -3.39. The van der Waals surface area contributed by atoms with Gasteiger partial charge in [-0.25, -0.2) is 13.4 Å². The van der Waals surface area contributed by atoms with Gasteiger partial charge in [-0.3, -0.25) is 0 Å². The summed E-state index contributed by atoms with van der Waals surface area (Å²) >= 11 is 1.26. The number of nitrogens with zero attached hydrogens (tertiary/aromatic N) is 2. The van der Waals surface area contributed by atoms with Gasteiger partial charge >= 0.3 is 0 Å². The van der Waals surface area contributed by atoms with Gasteiger partial charge in [0.25, 0.3) is 10.0 Å². The second-order valence-corrected chi connectivity index (χ2v) is 7.72. The predicted octanol–water partition coefficient (Wildman–Crippen LogP) is 2.31. The smallest absolute Gasteiger partial charge is 0.253 e. The number of sulfonamides is 1. The van der Waals surface area contributed by atoms with Crippen LogP contribution < -0.4 is 0 Å². The third-order valence-electron chi connectivity index (χ3n) is 3.30. The van der Waals surface area contributed by atoms with E-state index in [9.17, 15) is 8.42 Å². The molecule has 0 amide bonds. The molecule has 1 saturated heterocycles. The first-order valence-electron chi connectivity index (χ1n) is 6.16. The highest BCUT2D eigenvalue weighted by Gasteiger charge is 2.38. The van der Waals surface area contributed by atoms with E-state index < -0.39 is 10.0 Å². The quantitative estimate of drug-likeness (QED) is 0.945. The van der Waals surface area contributed by atoms with Gasteiger partial charge in [-0.15, -0.1) is 11.3 Å². The fourth-order valence-corrected chi connectivity index (χ4v) is 5.21. The fraction of sp³-hybridized carbons (Fsp3) is 0.417. The lowest BCUT2D eigenvalue weighted by Gasteiger charge is -2.21. The molecule has 0 unspecified atom stereocenters. The first kappa shape index (κ1) is 12.8. The molecule has 1 atom stereocenters. The molecule has 2 aromatic rings. The zero-order valence-corrected chi connectivity index (χ0v) is 12.2. The molecule has 1 aliphatic heterocycles. The summed E-state index contributed by atoms with van der Waals surface area (Å²) in [4.78, 5) is 7.44. The molecular weight excluding hydrogens is 282 g/mol. The van der Waals surface area contributed by atoms with Crippen LogP contribution in [0.3, 0.4) is 0 Å². The van der Waals surface area contributed by atoms with Gasteiger partial charge < -0.3 is 4.98 Å². The van der Waals surface area contributed by atoms with Crippen molar-refractivity contribution in [3.05, 3.63) is 35.2 Å². The lowest BCUT2D eigenvalue weighted by Crippen LogP contribution is -2.30. The van der Waals surface area contributed by atoms with Gasteiger partial charge in [0.1, 0.15) is 10.0 Å². The molecule has 2 aromatic heterocycles. The molecule has 1 N–H and O–H groups in total. The SMILES string of the molecule is Cc1cnc([C@H]2CCCN2S(=O)(=O)c2cccs2)[nH]1. The number of hydrogen-bond acceptors (Lipinski definition) is 4. The highest BCUT2D eigenvalue weighted by Crippen LogP contribution is 2.36. The number of aryl methyl sites for hydroxylation is 1. The molecule has 0 aromatic carbocycles. The molecule has 0 aliphatic carbocycles. The van der Waals surface area contributed by atoms with Crippen molar-refractivity contribution >= 4 is 21.4 Å². The first-order valence-corrected chi connectivity index (χ1v) is 8.48. The maximum absolute atomic E-state index is 12.6. The highest BCUT2D eigenvalue weighted by atomic mass is 32.2. The lowest BCUT2D eigenvalue weighted by atomic mass is 10.2. The lowest BCUT2D eigenvalue weighted by molar-refractivity contribution is 0.386. The Labute approximate surface area is 116 Å². The predicted molar refractivity (Wildman–Crippen MR) is 73.5 cm³/mol. The van der Waals surface area contributed by atoms with Gasteiger partial charge in [-0.1, -0.05) is 6.07 Å². The summed E-state index contributed by atoms with van der Waals surface area (Å²) in [5.74, 6) is 0.745. The number of rotatable bonds is 3. The third-order valence-corrected chi connectivity index (χ3v) is 6.58. The van der Waals surface area contributed by atoms with Crippen LogP contribution in [0.15, 0.2) is 27.9 Å². The van der Waals surface area contributed by atoms with E-state index in [1.807, 2.05) is 6.92 Å². The monoisotopic (exact) mass is 297 g/mol. The number of hydrogen-bond donors (Lipinski definition) is 1. The minimum Gasteiger partial charge on any atom is -0.345 e. The van der Waals surface area contributed by atoms with E-state index in [4.69, 9.17) is 0 Å². The molecule has 19 heavy (non-hydrogen) atoms. The molecule has 0 saturated carbocycles. The number of aromatic amines is 1. The molecule has 7 heteroatoms. The number of imidazole rings is 1. The summed E-state index contributed by atoms with van der Waals surface area (Å²) in [6.07, 6.45) is 3.43. The average molecular weight is 297 g/mol. The molecule has 0 bridgehead atoms. The van der Waals surface area contributed by atoms with Crippen LogP contribution in [0.4, 0.5) is 0 Å². The van der Waals surface area contributed by atoms with Crippen LogP contribution in [-0.4, -0.2) is 29.2 Å². The molecule has 0 spiro atoms. The highest BCUT2D eigenvalue weighted by molar-refractivity contribution is 7.91. The Morgan fingerprint density at radius 3 is 3.00 bits per heavy atom. The van der Waals surface area contributed by atoms with Gasteiger partial charge in [-0.2, -0.15) is 4.31 Å². The second-order valence-electron chi connectivity index (χ2n) is 4.66. The van der Waals surface area contributed by atoms with E-state index in [0.717, 1.165) is 24.4 Å². The molecule has 5 nitrogen and oxygen atoms in total. The second kappa shape index (κ2) is 4.73. The largest absolute Gasteiger partial charge is 0.345 e. The summed E-state index contributed by atoms with van der Waals surface area (Å²) in [7, 11) is -3.39. The van der Waals surface area contributed by atoms with E-state index in [2.05, 4.69) is 9.97 Å². The Bertz CT molecular complexity index is 661. The van der Waals surface area contributed by atoms with Crippen LogP contribution in [0.1, 0.15) is 30.4 Å². The summed E-state index contributed by atoms with van der Waals surface area (Å²) in [6.45, 7) is 2.48. The summed E-state index contributed by atoms with van der Waals surface area (Å²) in [5.41, 5.74) is 0.954. The van der Waals surface area contributed by atoms with Crippen LogP contribution in [-0.2, 0) is 10.0 Å². The Morgan fingerprint density at radius 1 is 1.53 bits per heavy atom. The van der Waals surface area contributed by atoms with E-state index in [0.29, 0.717) is 10.8 Å². The van der Waals surface area contributed by atoms with Crippen molar-refractivity contribution in [2.24, 2.45) is 0 Å². The molecule has 3 heterocycles. The van der Waals surface area contributed by atoms with Crippen molar-refractivity contribution < 1.29 is 8.42 Å². The van der Waals surface area contributed by atoms with Gasteiger partial charge in [0.2, 0.25) is 0 Å². The van der Waals surface area contributed by atoms with Crippen molar-refractivity contribution in [1.29, 1.82) is 0 Å². The normalized spacial score (nSPS) is 21.0. The standard InChI is InChI=1S/C12H15N3O2S2/c1-9-8-13-12(14-9)10-4-2-6-15(10)19(16,17)11-5-3-7-18-11/h3,5,7-8,10H,2,4,6H2,1H3,(H,13,14)/t10-/m1/s1. The molecule has 1 fully saturated rings. The minimum absolute atomic E-state index is 0.166. The molecule has 0 radical (unpaired) electrons. The topological polar surface area (TPSA) is 66.1 Å². The zero-order valence-electron chi connectivity index (χ0n) is 10.5. The molecular formula is C12H15N3O2S2. The summed E-state index contributed by atoms with van der Waals surface area (Å²) < 4.78 is 27.1. The van der Waals surface area contributed by atoms with E-state index >= 15 is 0 Å². The maximum Gasteiger partial charge on any atom is 0.253 e.